The summed E-state index contributed by atoms with van der Waals surface area (Å²) in [5.41, 5.74) is 0. The maximum absolute atomic E-state index is 13.7. The van der Waals surface area contributed by atoms with Crippen LogP contribution in [0.15, 0.2) is 40.2 Å². The molecule has 2 rings (SSSR count). The Morgan fingerprint density at radius 2 is 2.20 bits per heavy atom. The van der Waals surface area contributed by atoms with E-state index in [1.165, 1.54) is 0 Å². The van der Waals surface area contributed by atoms with E-state index in [0.29, 0.717) is 11.0 Å². The number of primary sulfonamides is 1. The number of imidazole rings is 1. The topological polar surface area (TPSA) is 87.2 Å². The van der Waals surface area contributed by atoms with E-state index >= 15 is 0 Å². The fraction of sp³-hybridized carbons (Fsp3) is 0.182. The molecule has 0 atom stereocenters. The van der Waals surface area contributed by atoms with E-state index in [2.05, 4.69) is 20.9 Å². The lowest BCUT2D eigenvalue weighted by molar-refractivity contribution is 0.294. The van der Waals surface area contributed by atoms with Crippen LogP contribution in [0, 0.1) is 5.82 Å². The first-order valence-corrected chi connectivity index (χ1v) is 7.82. The zero-order valence-corrected chi connectivity index (χ0v) is 12.6. The maximum atomic E-state index is 13.7. The van der Waals surface area contributed by atoms with Crippen molar-refractivity contribution >= 4 is 26.0 Å². The van der Waals surface area contributed by atoms with Crippen LogP contribution in [0.5, 0.6) is 5.75 Å². The smallest absolute Gasteiger partial charge is 0.241 e. The molecule has 2 aromatic rings. The number of ether oxygens (including phenoxy) is 1. The standard InChI is InChI=1S/C11H11BrFN3O3S/c12-8-5-11(20(14,17)18)9(13)6-10(8)19-4-3-16-2-1-15-7-16/h1-2,5-7H,3-4H2,(H2,14,17,18). The highest BCUT2D eigenvalue weighted by Crippen LogP contribution is 2.29. The quantitative estimate of drug-likeness (QED) is 0.871. The molecule has 0 radical (unpaired) electrons. The molecular weight excluding hydrogens is 353 g/mol. The van der Waals surface area contributed by atoms with Crippen LogP contribution < -0.4 is 9.88 Å². The summed E-state index contributed by atoms with van der Waals surface area (Å²) in [6.45, 7) is 0.814. The van der Waals surface area contributed by atoms with Crippen molar-refractivity contribution in [2.75, 3.05) is 6.61 Å². The Labute approximate surface area is 123 Å². The van der Waals surface area contributed by atoms with E-state index in [1.54, 1.807) is 23.3 Å². The number of aromatic nitrogens is 2. The molecule has 9 heteroatoms. The summed E-state index contributed by atoms with van der Waals surface area (Å²) < 4.78 is 43.5. The number of rotatable bonds is 5. The second kappa shape index (κ2) is 5.90. The second-order valence-corrected chi connectivity index (χ2v) is 6.29. The van der Waals surface area contributed by atoms with Crippen molar-refractivity contribution in [3.8, 4) is 5.75 Å². The molecule has 0 unspecified atom stereocenters. The van der Waals surface area contributed by atoms with E-state index in [-0.39, 0.29) is 12.4 Å². The molecule has 0 fully saturated rings. The summed E-state index contributed by atoms with van der Waals surface area (Å²) in [6, 6.07) is 2.06. The van der Waals surface area contributed by atoms with Gasteiger partial charge in [0.05, 0.1) is 17.3 Å². The molecule has 108 valence electrons. The van der Waals surface area contributed by atoms with Crippen LogP contribution in [0.3, 0.4) is 0 Å². The third kappa shape index (κ3) is 3.56. The van der Waals surface area contributed by atoms with Crippen molar-refractivity contribution in [2.24, 2.45) is 5.14 Å². The Morgan fingerprint density at radius 3 is 2.80 bits per heavy atom. The molecule has 0 aliphatic heterocycles. The second-order valence-electron chi connectivity index (χ2n) is 3.91. The molecule has 6 nitrogen and oxygen atoms in total. The van der Waals surface area contributed by atoms with Gasteiger partial charge in [-0.15, -0.1) is 0 Å². The number of halogens is 2. The molecule has 0 saturated carbocycles. The maximum Gasteiger partial charge on any atom is 0.241 e. The van der Waals surface area contributed by atoms with Crippen molar-refractivity contribution in [3.63, 3.8) is 0 Å². The highest BCUT2D eigenvalue weighted by molar-refractivity contribution is 9.10. The molecule has 0 aliphatic carbocycles. The average Bonchev–Trinajstić information content (AvgIpc) is 2.84. The van der Waals surface area contributed by atoms with Gasteiger partial charge in [0.1, 0.15) is 23.1 Å². The number of hydrogen-bond donors (Lipinski definition) is 1. The zero-order chi connectivity index (χ0) is 14.8. The SMILES string of the molecule is NS(=O)(=O)c1cc(Br)c(OCCn2ccnc2)cc1F. The van der Waals surface area contributed by atoms with E-state index in [1.807, 2.05) is 0 Å². The molecule has 1 heterocycles. The third-order valence-corrected chi connectivity index (χ3v) is 4.00. The van der Waals surface area contributed by atoms with Gasteiger partial charge >= 0.3 is 0 Å². The van der Waals surface area contributed by atoms with Crippen LogP contribution in [0.2, 0.25) is 0 Å². The Bertz CT molecular complexity index is 704. The highest BCUT2D eigenvalue weighted by atomic mass is 79.9. The summed E-state index contributed by atoms with van der Waals surface area (Å²) in [5.74, 6) is -0.747. The van der Waals surface area contributed by atoms with Gasteiger partial charge in [0.2, 0.25) is 10.0 Å². The summed E-state index contributed by atoms with van der Waals surface area (Å²) in [7, 11) is -4.10. The normalized spacial score (nSPS) is 11.6. The van der Waals surface area contributed by atoms with Crippen LogP contribution in [-0.4, -0.2) is 24.6 Å². The molecule has 1 aromatic carbocycles. The summed E-state index contributed by atoms with van der Waals surface area (Å²) in [6.07, 6.45) is 5.03. The first kappa shape index (κ1) is 14.9. The van der Waals surface area contributed by atoms with E-state index in [0.717, 1.165) is 12.1 Å². The van der Waals surface area contributed by atoms with E-state index in [9.17, 15) is 12.8 Å². The van der Waals surface area contributed by atoms with Crippen LogP contribution in [0.4, 0.5) is 4.39 Å². The summed E-state index contributed by atoms with van der Waals surface area (Å²) >= 11 is 3.12. The molecule has 0 aliphatic rings. The van der Waals surface area contributed by atoms with Gasteiger partial charge < -0.3 is 9.30 Å². The van der Waals surface area contributed by atoms with Crippen molar-refractivity contribution < 1.29 is 17.5 Å². The Kier molecular flexibility index (Phi) is 4.41. The fourth-order valence-corrected chi connectivity index (χ4v) is 2.74. The van der Waals surface area contributed by atoms with Crippen LogP contribution in [-0.2, 0) is 16.6 Å². The molecule has 0 bridgehead atoms. The van der Waals surface area contributed by atoms with Crippen molar-refractivity contribution in [3.05, 3.63) is 41.1 Å². The Balaban J connectivity index is 2.11. The molecular formula is C11H11BrFN3O3S. The zero-order valence-electron chi connectivity index (χ0n) is 10.2. The third-order valence-electron chi connectivity index (χ3n) is 2.46. The molecule has 2 N–H and O–H groups in total. The summed E-state index contributed by atoms with van der Waals surface area (Å²) in [5, 5.41) is 4.90. The van der Waals surface area contributed by atoms with Gasteiger partial charge in [0.15, 0.2) is 0 Å². The molecule has 20 heavy (non-hydrogen) atoms. The van der Waals surface area contributed by atoms with Gasteiger partial charge in [-0.3, -0.25) is 0 Å². The first-order valence-electron chi connectivity index (χ1n) is 5.48. The number of nitrogens with two attached hydrogens (primary N) is 1. The van der Waals surface area contributed by atoms with E-state index in [4.69, 9.17) is 9.88 Å². The number of nitrogens with zero attached hydrogens (tertiary/aromatic N) is 2. The van der Waals surface area contributed by atoms with Gasteiger partial charge in [-0.2, -0.15) is 0 Å². The van der Waals surface area contributed by atoms with Crippen molar-refractivity contribution in [1.29, 1.82) is 0 Å². The highest BCUT2D eigenvalue weighted by Gasteiger charge is 2.17. The molecule has 1 aromatic heterocycles. The first-order chi connectivity index (χ1) is 9.38. The Hall–Kier alpha value is -1.45. The van der Waals surface area contributed by atoms with Gasteiger partial charge in [0, 0.05) is 18.5 Å². The van der Waals surface area contributed by atoms with Gasteiger partial charge in [-0.25, -0.2) is 22.9 Å². The predicted molar refractivity (Wildman–Crippen MR) is 73.2 cm³/mol. The largest absolute Gasteiger partial charge is 0.490 e. The predicted octanol–water partition coefficient (Wildman–Crippen LogP) is 1.51. The lowest BCUT2D eigenvalue weighted by atomic mass is 10.3. The monoisotopic (exact) mass is 363 g/mol. The minimum absolute atomic E-state index is 0.204. The lowest BCUT2D eigenvalue weighted by Crippen LogP contribution is -2.14. The Morgan fingerprint density at radius 1 is 1.45 bits per heavy atom. The minimum atomic E-state index is -4.10. The van der Waals surface area contributed by atoms with Gasteiger partial charge in [0.25, 0.3) is 0 Å². The van der Waals surface area contributed by atoms with Crippen molar-refractivity contribution in [1.82, 2.24) is 9.55 Å². The molecule has 0 saturated heterocycles. The molecule has 0 amide bonds. The number of hydrogen-bond acceptors (Lipinski definition) is 4. The van der Waals surface area contributed by atoms with Crippen LogP contribution >= 0.6 is 15.9 Å². The van der Waals surface area contributed by atoms with Crippen LogP contribution in [0.1, 0.15) is 0 Å². The lowest BCUT2D eigenvalue weighted by Gasteiger charge is -2.10. The fourth-order valence-electron chi connectivity index (χ4n) is 1.52. The van der Waals surface area contributed by atoms with Gasteiger partial charge in [-0.1, -0.05) is 0 Å². The van der Waals surface area contributed by atoms with E-state index < -0.39 is 20.7 Å². The molecule has 0 spiro atoms. The van der Waals surface area contributed by atoms with Gasteiger partial charge in [-0.05, 0) is 22.0 Å². The summed E-state index contributed by atoms with van der Waals surface area (Å²) in [4.78, 5) is 3.30. The van der Waals surface area contributed by atoms with Crippen LogP contribution in [0.25, 0.3) is 0 Å². The average molecular weight is 364 g/mol. The number of sulfonamides is 1. The van der Waals surface area contributed by atoms with Crippen molar-refractivity contribution in [2.45, 2.75) is 11.4 Å². The minimum Gasteiger partial charge on any atom is -0.490 e. The number of benzene rings is 1.